The number of aliphatic imine (C=N–C) groups is 1. The molecule has 0 atom stereocenters. The molecule has 5 aromatic rings. The van der Waals surface area contributed by atoms with Crippen LogP contribution in [0.1, 0.15) is 11.1 Å². The Bertz CT molecular complexity index is 1520. The van der Waals surface area contributed by atoms with Crippen LogP contribution in [0.25, 0.3) is 16.8 Å². The second kappa shape index (κ2) is 10.1. The van der Waals surface area contributed by atoms with E-state index < -0.39 is 0 Å². The largest absolute Gasteiger partial charge is 0.282 e. The van der Waals surface area contributed by atoms with Gasteiger partial charge in [-0.2, -0.15) is 0 Å². The highest BCUT2D eigenvalue weighted by Gasteiger charge is 2.16. The SMILES string of the molecule is O=c1c(N=C(c2ccccc2)c2ccccc2)c(-c2ccccc2)ccn1-c1ccc(Cl)c(Cl)c1. The van der Waals surface area contributed by atoms with Crippen LogP contribution < -0.4 is 5.56 Å². The van der Waals surface area contributed by atoms with Gasteiger partial charge < -0.3 is 0 Å². The molecule has 3 nitrogen and oxygen atoms in total. The summed E-state index contributed by atoms with van der Waals surface area (Å²) in [7, 11) is 0. The number of aromatic nitrogens is 1. The van der Waals surface area contributed by atoms with E-state index in [1.165, 1.54) is 0 Å². The smallest absolute Gasteiger partial charge is 0.281 e. The summed E-state index contributed by atoms with van der Waals surface area (Å²) in [4.78, 5) is 19.0. The van der Waals surface area contributed by atoms with Gasteiger partial charge in [0, 0.05) is 22.9 Å². The molecule has 0 radical (unpaired) electrons. The molecule has 1 aromatic heterocycles. The van der Waals surface area contributed by atoms with Crippen molar-refractivity contribution in [1.29, 1.82) is 0 Å². The third-order valence-electron chi connectivity index (χ3n) is 5.65. The second-order valence-corrected chi connectivity index (χ2v) is 8.72. The van der Waals surface area contributed by atoms with Crippen LogP contribution in [0.15, 0.2) is 131 Å². The van der Waals surface area contributed by atoms with E-state index in [1.54, 1.807) is 29.0 Å². The molecule has 170 valence electrons. The van der Waals surface area contributed by atoms with Gasteiger partial charge >= 0.3 is 0 Å². The molecule has 4 aromatic carbocycles. The summed E-state index contributed by atoms with van der Waals surface area (Å²) >= 11 is 12.4. The first kappa shape index (κ1) is 22.9. The molecule has 0 unspecified atom stereocenters. The van der Waals surface area contributed by atoms with Crippen molar-refractivity contribution in [2.45, 2.75) is 0 Å². The molecule has 5 rings (SSSR count). The summed E-state index contributed by atoms with van der Waals surface area (Å²) in [5.41, 5.74) is 4.90. The zero-order valence-electron chi connectivity index (χ0n) is 18.6. The van der Waals surface area contributed by atoms with Crippen molar-refractivity contribution in [2.24, 2.45) is 4.99 Å². The Morgan fingerprint density at radius 3 is 1.80 bits per heavy atom. The van der Waals surface area contributed by atoms with E-state index in [1.807, 2.05) is 97.1 Å². The average Bonchev–Trinajstić information content (AvgIpc) is 2.91. The van der Waals surface area contributed by atoms with Crippen LogP contribution in [0.4, 0.5) is 5.69 Å². The van der Waals surface area contributed by atoms with Crippen molar-refractivity contribution < 1.29 is 0 Å². The van der Waals surface area contributed by atoms with Gasteiger partial charge in [-0.15, -0.1) is 0 Å². The van der Waals surface area contributed by atoms with Crippen LogP contribution in [0.2, 0.25) is 10.0 Å². The normalized spacial score (nSPS) is 10.7. The van der Waals surface area contributed by atoms with E-state index in [0.29, 0.717) is 27.1 Å². The summed E-state index contributed by atoms with van der Waals surface area (Å²) in [6, 6.07) is 36.6. The zero-order valence-corrected chi connectivity index (χ0v) is 20.1. The molecular weight excluding hydrogens is 475 g/mol. The summed E-state index contributed by atoms with van der Waals surface area (Å²) in [6.07, 6.45) is 1.74. The standard InChI is InChI=1S/C30H20Cl2N2O/c31-26-17-16-24(20-27(26)32)34-19-18-25(21-10-4-1-5-11-21)29(30(34)35)33-28(22-12-6-2-7-13-22)23-14-8-3-9-15-23/h1-20H. The molecular formula is C30H20Cl2N2O. The van der Waals surface area contributed by atoms with E-state index in [0.717, 1.165) is 22.3 Å². The fraction of sp³-hybridized carbons (Fsp3) is 0. The number of nitrogens with zero attached hydrogens (tertiary/aromatic N) is 2. The van der Waals surface area contributed by atoms with Gasteiger partial charge in [0.05, 0.1) is 21.4 Å². The minimum Gasteiger partial charge on any atom is -0.282 e. The lowest BCUT2D eigenvalue weighted by atomic mass is 10.0. The average molecular weight is 495 g/mol. The predicted molar refractivity (Wildman–Crippen MR) is 146 cm³/mol. The summed E-state index contributed by atoms with van der Waals surface area (Å²) in [6.45, 7) is 0. The summed E-state index contributed by atoms with van der Waals surface area (Å²) < 4.78 is 1.54. The minimum atomic E-state index is -0.255. The van der Waals surface area contributed by atoms with Gasteiger partial charge in [-0.25, -0.2) is 4.99 Å². The number of rotatable bonds is 5. The van der Waals surface area contributed by atoms with Crippen LogP contribution in [0.3, 0.4) is 0 Å². The van der Waals surface area contributed by atoms with Crippen molar-refractivity contribution in [2.75, 3.05) is 0 Å². The van der Waals surface area contributed by atoms with Gasteiger partial charge in [0.25, 0.3) is 5.56 Å². The van der Waals surface area contributed by atoms with Gasteiger partial charge in [0.15, 0.2) is 0 Å². The van der Waals surface area contributed by atoms with E-state index in [9.17, 15) is 4.79 Å². The molecule has 0 N–H and O–H groups in total. The molecule has 0 aliphatic carbocycles. The van der Waals surface area contributed by atoms with E-state index in [2.05, 4.69) is 0 Å². The Balaban J connectivity index is 1.80. The molecule has 35 heavy (non-hydrogen) atoms. The van der Waals surface area contributed by atoms with Crippen LogP contribution in [0.5, 0.6) is 0 Å². The number of hydrogen-bond donors (Lipinski definition) is 0. The third kappa shape index (κ3) is 4.83. The molecule has 0 amide bonds. The lowest BCUT2D eigenvalue weighted by molar-refractivity contribution is 0.990. The molecule has 0 aliphatic rings. The molecule has 1 heterocycles. The van der Waals surface area contributed by atoms with E-state index in [4.69, 9.17) is 28.2 Å². The quantitative estimate of drug-likeness (QED) is 0.228. The molecule has 5 heteroatoms. The Morgan fingerprint density at radius 2 is 1.23 bits per heavy atom. The van der Waals surface area contributed by atoms with Crippen molar-refractivity contribution in [1.82, 2.24) is 4.57 Å². The van der Waals surface area contributed by atoms with Crippen LogP contribution in [0, 0.1) is 0 Å². The van der Waals surface area contributed by atoms with Gasteiger partial charge in [-0.1, -0.05) is 114 Å². The monoisotopic (exact) mass is 494 g/mol. The summed E-state index contributed by atoms with van der Waals surface area (Å²) in [5, 5.41) is 0.806. The third-order valence-corrected chi connectivity index (χ3v) is 6.39. The molecule has 0 saturated heterocycles. The number of benzene rings is 4. The minimum absolute atomic E-state index is 0.255. The maximum absolute atomic E-state index is 13.9. The first-order valence-corrected chi connectivity index (χ1v) is 11.8. The number of hydrogen-bond acceptors (Lipinski definition) is 2. The van der Waals surface area contributed by atoms with Crippen LogP contribution in [-0.4, -0.2) is 10.3 Å². The fourth-order valence-corrected chi connectivity index (χ4v) is 4.21. The maximum Gasteiger partial charge on any atom is 0.281 e. The molecule has 0 aliphatic heterocycles. The maximum atomic E-state index is 13.9. The first-order valence-electron chi connectivity index (χ1n) is 11.1. The topological polar surface area (TPSA) is 34.4 Å². The van der Waals surface area contributed by atoms with Crippen molar-refractivity contribution in [3.63, 3.8) is 0 Å². The lowest BCUT2D eigenvalue weighted by Crippen LogP contribution is -2.19. The van der Waals surface area contributed by atoms with Crippen molar-refractivity contribution in [3.8, 4) is 16.8 Å². The van der Waals surface area contributed by atoms with Gasteiger partial charge in [0.2, 0.25) is 0 Å². The number of halogens is 2. The van der Waals surface area contributed by atoms with Gasteiger partial charge in [-0.05, 0) is 29.8 Å². The van der Waals surface area contributed by atoms with E-state index >= 15 is 0 Å². The van der Waals surface area contributed by atoms with Crippen molar-refractivity contribution in [3.05, 3.63) is 153 Å². The molecule has 0 saturated carbocycles. The second-order valence-electron chi connectivity index (χ2n) is 7.91. The van der Waals surface area contributed by atoms with Crippen molar-refractivity contribution >= 4 is 34.6 Å². The highest BCUT2D eigenvalue weighted by Crippen LogP contribution is 2.30. The highest BCUT2D eigenvalue weighted by atomic mass is 35.5. The van der Waals surface area contributed by atoms with E-state index in [-0.39, 0.29) is 5.56 Å². The Hall–Kier alpha value is -3.92. The summed E-state index contributed by atoms with van der Waals surface area (Å²) in [5.74, 6) is 0. The molecule has 0 spiro atoms. The van der Waals surface area contributed by atoms with Crippen LogP contribution in [-0.2, 0) is 0 Å². The number of pyridine rings is 1. The van der Waals surface area contributed by atoms with Gasteiger partial charge in [-0.3, -0.25) is 9.36 Å². The zero-order chi connectivity index (χ0) is 24.2. The van der Waals surface area contributed by atoms with Gasteiger partial charge in [0.1, 0.15) is 5.69 Å². The Morgan fingerprint density at radius 1 is 0.657 bits per heavy atom. The Labute approximate surface area is 213 Å². The first-order chi connectivity index (χ1) is 17.1. The predicted octanol–water partition coefficient (Wildman–Crippen LogP) is 7.98. The Kier molecular flexibility index (Phi) is 6.62. The lowest BCUT2D eigenvalue weighted by Gasteiger charge is -2.14. The highest BCUT2D eigenvalue weighted by molar-refractivity contribution is 6.42. The molecule has 0 fully saturated rings. The van der Waals surface area contributed by atoms with Crippen LogP contribution >= 0.6 is 23.2 Å². The molecule has 0 bridgehead atoms. The fourth-order valence-electron chi connectivity index (χ4n) is 3.92.